The quantitative estimate of drug-likeness (QED) is 0.646. The van der Waals surface area contributed by atoms with Crippen molar-refractivity contribution in [3.8, 4) is 11.5 Å². The van der Waals surface area contributed by atoms with Crippen LogP contribution >= 0.6 is 0 Å². The van der Waals surface area contributed by atoms with Crippen molar-refractivity contribution in [3.05, 3.63) is 59.7 Å². The molecule has 0 unspecified atom stereocenters. The lowest BCUT2D eigenvalue weighted by molar-refractivity contribution is -0.170. The molecule has 0 bridgehead atoms. The zero-order valence-corrected chi connectivity index (χ0v) is 13.8. The van der Waals surface area contributed by atoms with Gasteiger partial charge in [-0.2, -0.15) is 26.3 Å². The summed E-state index contributed by atoms with van der Waals surface area (Å²) < 4.78 is 70.8. The monoisotopic (exact) mass is 410 g/mol. The van der Waals surface area contributed by atoms with Gasteiger partial charge in [0, 0.05) is 12.8 Å². The maximum absolute atomic E-state index is 11.8. The SMILES string of the molecule is C.O=C(Cc1cccc(O)c1)C(F)(F)F.Oc1cccc(CCC(F)(F)F)c1. The van der Waals surface area contributed by atoms with Crippen molar-refractivity contribution in [2.24, 2.45) is 0 Å². The van der Waals surface area contributed by atoms with Gasteiger partial charge in [0.15, 0.2) is 0 Å². The fraction of sp³-hybridized carbons (Fsp3) is 0.316. The number of phenolic OH excluding ortho intramolecular Hbond substituents is 2. The van der Waals surface area contributed by atoms with Crippen molar-refractivity contribution < 1.29 is 41.4 Å². The number of aryl methyl sites for hydroxylation is 1. The van der Waals surface area contributed by atoms with E-state index in [1.54, 1.807) is 6.07 Å². The van der Waals surface area contributed by atoms with Gasteiger partial charge in [-0.05, 0) is 41.8 Å². The summed E-state index contributed by atoms with van der Waals surface area (Å²) in [5, 5.41) is 17.9. The van der Waals surface area contributed by atoms with E-state index in [1.165, 1.54) is 36.4 Å². The highest BCUT2D eigenvalue weighted by atomic mass is 19.4. The van der Waals surface area contributed by atoms with Crippen molar-refractivity contribution >= 4 is 5.78 Å². The van der Waals surface area contributed by atoms with Crippen molar-refractivity contribution in [2.45, 2.75) is 39.0 Å². The Bertz CT molecular complexity index is 754. The molecule has 0 amide bonds. The Kier molecular flexibility index (Phi) is 9.56. The molecule has 0 fully saturated rings. The highest BCUT2D eigenvalue weighted by molar-refractivity contribution is 5.86. The molecular weight excluding hydrogens is 390 g/mol. The first kappa shape index (κ1) is 25.3. The van der Waals surface area contributed by atoms with Gasteiger partial charge in [-0.1, -0.05) is 31.7 Å². The molecule has 0 saturated heterocycles. The molecule has 2 rings (SSSR count). The average Bonchev–Trinajstić information content (AvgIpc) is 2.52. The molecular formula is C19H20F6O3. The second kappa shape index (κ2) is 10.6. The van der Waals surface area contributed by atoms with E-state index in [0.29, 0.717) is 5.56 Å². The minimum atomic E-state index is -4.81. The number of carbonyl (C=O) groups is 1. The first-order valence-electron chi connectivity index (χ1n) is 7.59. The van der Waals surface area contributed by atoms with Crippen LogP contribution in [0, 0.1) is 0 Å². The fourth-order valence-corrected chi connectivity index (χ4v) is 1.95. The van der Waals surface area contributed by atoms with Gasteiger partial charge in [0.05, 0.1) is 0 Å². The minimum Gasteiger partial charge on any atom is -0.508 e. The number of benzene rings is 2. The van der Waals surface area contributed by atoms with Crippen molar-refractivity contribution in [2.75, 3.05) is 0 Å². The number of hydrogen-bond acceptors (Lipinski definition) is 3. The molecule has 3 nitrogen and oxygen atoms in total. The molecule has 0 aliphatic heterocycles. The van der Waals surface area contributed by atoms with E-state index in [0.717, 1.165) is 6.07 Å². The van der Waals surface area contributed by atoms with Gasteiger partial charge in [-0.3, -0.25) is 4.79 Å². The largest absolute Gasteiger partial charge is 0.508 e. The van der Waals surface area contributed by atoms with E-state index < -0.39 is 31.0 Å². The molecule has 9 heteroatoms. The fourth-order valence-electron chi connectivity index (χ4n) is 1.95. The number of ketones is 1. The molecule has 0 spiro atoms. The highest BCUT2D eigenvalue weighted by Gasteiger charge is 2.37. The van der Waals surface area contributed by atoms with E-state index in [4.69, 9.17) is 10.2 Å². The predicted molar refractivity (Wildman–Crippen MR) is 92.1 cm³/mol. The van der Waals surface area contributed by atoms with E-state index in [9.17, 15) is 31.1 Å². The maximum atomic E-state index is 11.8. The predicted octanol–water partition coefficient (Wildman–Crippen LogP) is 5.59. The van der Waals surface area contributed by atoms with Crippen LogP contribution in [0.4, 0.5) is 26.3 Å². The van der Waals surface area contributed by atoms with Crippen LogP contribution in [0.25, 0.3) is 0 Å². The number of phenols is 2. The zero-order valence-electron chi connectivity index (χ0n) is 13.8. The average molecular weight is 410 g/mol. The normalized spacial score (nSPS) is 11.1. The molecule has 28 heavy (non-hydrogen) atoms. The summed E-state index contributed by atoms with van der Waals surface area (Å²) in [5.74, 6) is -1.97. The smallest absolute Gasteiger partial charge is 0.450 e. The number of carbonyl (C=O) groups excluding carboxylic acids is 1. The van der Waals surface area contributed by atoms with Crippen LogP contribution in [0.2, 0.25) is 0 Å². The molecule has 0 aromatic heterocycles. The van der Waals surface area contributed by atoms with Gasteiger partial charge in [0.1, 0.15) is 11.5 Å². The third-order valence-electron chi connectivity index (χ3n) is 3.20. The van der Waals surface area contributed by atoms with Crippen molar-refractivity contribution in [3.63, 3.8) is 0 Å². The highest BCUT2D eigenvalue weighted by Crippen LogP contribution is 2.23. The van der Waals surface area contributed by atoms with E-state index in [-0.39, 0.29) is 30.9 Å². The molecule has 0 atom stereocenters. The molecule has 0 heterocycles. The summed E-state index contributed by atoms with van der Waals surface area (Å²) in [5.41, 5.74) is 0.643. The number of Topliss-reactive ketones (excluding diaryl/α,β-unsaturated/α-hetero) is 1. The molecule has 2 aromatic rings. The molecule has 2 aromatic carbocycles. The molecule has 0 aliphatic rings. The van der Waals surface area contributed by atoms with Crippen LogP contribution in [-0.2, 0) is 17.6 Å². The molecule has 0 aliphatic carbocycles. The van der Waals surface area contributed by atoms with Crippen LogP contribution in [0.15, 0.2) is 48.5 Å². The van der Waals surface area contributed by atoms with Gasteiger partial charge in [0.25, 0.3) is 0 Å². The number of alkyl halides is 6. The molecule has 2 N–H and O–H groups in total. The van der Waals surface area contributed by atoms with Crippen molar-refractivity contribution in [1.82, 2.24) is 0 Å². The third-order valence-corrected chi connectivity index (χ3v) is 3.20. The Balaban J connectivity index is 0.000000504. The first-order chi connectivity index (χ1) is 12.4. The Labute approximate surface area is 158 Å². The standard InChI is InChI=1S/C9H7F3O2.C9H9F3O.CH4/c10-9(11,12)8(14)5-6-2-1-3-7(13)4-6;10-9(11,12)5-4-7-2-1-3-8(13)6-7;/h1-4,13H,5H2;1-3,6,13H,4-5H2;1H4. The summed E-state index contributed by atoms with van der Waals surface area (Å²) in [6.07, 6.45) is -10.6. The van der Waals surface area contributed by atoms with Gasteiger partial charge >= 0.3 is 12.4 Å². The summed E-state index contributed by atoms with van der Waals surface area (Å²) in [6, 6.07) is 11.0. The molecule has 0 radical (unpaired) electrons. The Hall–Kier alpha value is -2.71. The number of rotatable bonds is 4. The Morgan fingerprint density at radius 3 is 1.71 bits per heavy atom. The third kappa shape index (κ3) is 10.4. The van der Waals surface area contributed by atoms with Crippen LogP contribution in [-0.4, -0.2) is 28.3 Å². The minimum absolute atomic E-state index is 0. The number of hydrogen-bond donors (Lipinski definition) is 2. The maximum Gasteiger partial charge on any atom is 0.450 e. The Morgan fingerprint density at radius 1 is 0.821 bits per heavy atom. The van der Waals surface area contributed by atoms with Crippen LogP contribution in [0.5, 0.6) is 11.5 Å². The lowest BCUT2D eigenvalue weighted by Crippen LogP contribution is -2.24. The van der Waals surface area contributed by atoms with Crippen LogP contribution in [0.1, 0.15) is 25.0 Å². The van der Waals surface area contributed by atoms with Crippen LogP contribution in [0.3, 0.4) is 0 Å². The second-order valence-electron chi connectivity index (χ2n) is 5.55. The van der Waals surface area contributed by atoms with Gasteiger partial charge in [-0.15, -0.1) is 0 Å². The van der Waals surface area contributed by atoms with Crippen molar-refractivity contribution in [1.29, 1.82) is 0 Å². The Morgan fingerprint density at radius 2 is 1.29 bits per heavy atom. The topological polar surface area (TPSA) is 57.5 Å². The van der Waals surface area contributed by atoms with E-state index >= 15 is 0 Å². The second-order valence-corrected chi connectivity index (χ2v) is 5.55. The summed E-state index contributed by atoms with van der Waals surface area (Å²) in [7, 11) is 0. The lowest BCUT2D eigenvalue weighted by atomic mass is 10.1. The lowest BCUT2D eigenvalue weighted by Gasteiger charge is -2.05. The van der Waals surface area contributed by atoms with Gasteiger partial charge < -0.3 is 10.2 Å². The van der Waals surface area contributed by atoms with E-state index in [2.05, 4.69) is 0 Å². The van der Waals surface area contributed by atoms with Crippen LogP contribution < -0.4 is 0 Å². The molecule has 0 saturated carbocycles. The van der Waals surface area contributed by atoms with Gasteiger partial charge in [-0.25, -0.2) is 0 Å². The summed E-state index contributed by atoms with van der Waals surface area (Å²) >= 11 is 0. The zero-order chi connectivity index (χ0) is 20.7. The summed E-state index contributed by atoms with van der Waals surface area (Å²) in [6.45, 7) is 0. The number of halogens is 6. The summed E-state index contributed by atoms with van der Waals surface area (Å²) in [4.78, 5) is 10.5. The first-order valence-corrected chi connectivity index (χ1v) is 7.59. The van der Waals surface area contributed by atoms with E-state index in [1.807, 2.05) is 0 Å². The van der Waals surface area contributed by atoms with Gasteiger partial charge in [0.2, 0.25) is 5.78 Å². The number of aromatic hydroxyl groups is 2. The molecule has 156 valence electrons.